The molecule has 3 aliphatic rings. The number of piperidine rings is 1. The third kappa shape index (κ3) is 2.92. The summed E-state index contributed by atoms with van der Waals surface area (Å²) >= 11 is 0. The molecule has 0 radical (unpaired) electrons. The fourth-order valence-electron chi connectivity index (χ4n) is 5.69. The third-order valence-electron chi connectivity index (χ3n) is 7.18. The molecule has 144 valence electrons. The SMILES string of the molecule is CCN1C[C@H]2C3(CCN(S(=O)(=O)CC)CC3)CC[C@@]2(C(=O)N(C)C)C1. The van der Waals surface area contributed by atoms with E-state index in [1.807, 2.05) is 14.1 Å². The number of fused-ring (bicyclic) bond motifs is 2. The van der Waals surface area contributed by atoms with E-state index in [0.717, 1.165) is 45.3 Å². The van der Waals surface area contributed by atoms with E-state index >= 15 is 0 Å². The van der Waals surface area contributed by atoms with Crippen LogP contribution in [0.1, 0.15) is 39.5 Å². The van der Waals surface area contributed by atoms with Gasteiger partial charge in [-0.3, -0.25) is 4.79 Å². The summed E-state index contributed by atoms with van der Waals surface area (Å²) in [5.74, 6) is 0.811. The highest BCUT2D eigenvalue weighted by Crippen LogP contribution is 2.62. The Labute approximate surface area is 152 Å². The summed E-state index contributed by atoms with van der Waals surface area (Å²) in [5, 5.41) is 0. The maximum Gasteiger partial charge on any atom is 0.229 e. The zero-order valence-electron chi connectivity index (χ0n) is 16.1. The Balaban J connectivity index is 1.84. The van der Waals surface area contributed by atoms with Crippen LogP contribution in [0.3, 0.4) is 0 Å². The van der Waals surface area contributed by atoms with E-state index in [0.29, 0.717) is 19.0 Å². The Kier molecular flexibility index (Phi) is 4.97. The minimum absolute atomic E-state index is 0.134. The summed E-state index contributed by atoms with van der Waals surface area (Å²) < 4.78 is 26.1. The van der Waals surface area contributed by atoms with E-state index in [4.69, 9.17) is 0 Å². The topological polar surface area (TPSA) is 60.9 Å². The van der Waals surface area contributed by atoms with Crippen molar-refractivity contribution in [3.05, 3.63) is 0 Å². The first-order chi connectivity index (χ1) is 11.7. The maximum absolute atomic E-state index is 13.1. The van der Waals surface area contributed by atoms with Crippen LogP contribution in [0, 0.1) is 16.7 Å². The molecule has 25 heavy (non-hydrogen) atoms. The van der Waals surface area contributed by atoms with Gasteiger partial charge in [0.15, 0.2) is 0 Å². The number of carbonyl (C=O) groups is 1. The second-order valence-corrected chi connectivity index (χ2v) is 10.7. The first-order valence-corrected chi connectivity index (χ1v) is 11.2. The van der Waals surface area contributed by atoms with Crippen molar-refractivity contribution >= 4 is 15.9 Å². The second kappa shape index (κ2) is 6.50. The molecule has 0 aromatic heterocycles. The van der Waals surface area contributed by atoms with Crippen molar-refractivity contribution in [1.29, 1.82) is 0 Å². The number of hydrogen-bond donors (Lipinski definition) is 0. The number of carbonyl (C=O) groups excluding carboxylic acids is 1. The molecular weight excluding hydrogens is 338 g/mol. The van der Waals surface area contributed by atoms with Crippen LogP contribution in [0.4, 0.5) is 0 Å². The fourth-order valence-corrected chi connectivity index (χ4v) is 6.79. The molecule has 7 heteroatoms. The zero-order valence-corrected chi connectivity index (χ0v) is 16.9. The van der Waals surface area contributed by atoms with Gasteiger partial charge in [-0.1, -0.05) is 6.92 Å². The summed E-state index contributed by atoms with van der Waals surface area (Å²) in [4.78, 5) is 17.3. The van der Waals surface area contributed by atoms with Crippen LogP contribution < -0.4 is 0 Å². The van der Waals surface area contributed by atoms with Crippen LogP contribution in [0.25, 0.3) is 0 Å². The molecule has 2 aliphatic heterocycles. The molecule has 1 spiro atoms. The van der Waals surface area contributed by atoms with Crippen LogP contribution >= 0.6 is 0 Å². The molecule has 0 aromatic carbocycles. The van der Waals surface area contributed by atoms with Crippen molar-refractivity contribution in [3.63, 3.8) is 0 Å². The number of sulfonamides is 1. The molecule has 2 atom stereocenters. The zero-order chi connectivity index (χ0) is 18.5. The predicted octanol–water partition coefficient (Wildman–Crippen LogP) is 1.24. The fraction of sp³-hybridized carbons (Fsp3) is 0.944. The van der Waals surface area contributed by atoms with E-state index in [-0.39, 0.29) is 22.5 Å². The van der Waals surface area contributed by atoms with Crippen molar-refractivity contribution in [2.24, 2.45) is 16.7 Å². The average Bonchev–Trinajstić information content (AvgIpc) is 3.12. The Morgan fingerprint density at radius 1 is 1.12 bits per heavy atom. The summed E-state index contributed by atoms with van der Waals surface area (Å²) in [5.41, 5.74) is -0.124. The average molecular weight is 372 g/mol. The maximum atomic E-state index is 13.1. The first-order valence-electron chi connectivity index (χ1n) is 9.63. The van der Waals surface area contributed by atoms with Gasteiger partial charge in [-0.25, -0.2) is 12.7 Å². The molecule has 1 amide bonds. The van der Waals surface area contributed by atoms with E-state index in [1.54, 1.807) is 16.1 Å². The first kappa shape index (κ1) is 19.1. The highest BCUT2D eigenvalue weighted by molar-refractivity contribution is 7.89. The van der Waals surface area contributed by atoms with Gasteiger partial charge in [-0.05, 0) is 50.5 Å². The minimum Gasteiger partial charge on any atom is -0.348 e. The number of likely N-dealkylation sites (tertiary alicyclic amines) is 1. The lowest BCUT2D eigenvalue weighted by molar-refractivity contribution is -0.141. The van der Waals surface area contributed by atoms with Crippen molar-refractivity contribution in [3.8, 4) is 0 Å². The molecule has 0 unspecified atom stereocenters. The molecule has 2 heterocycles. The van der Waals surface area contributed by atoms with Gasteiger partial charge in [0.2, 0.25) is 15.9 Å². The van der Waals surface area contributed by atoms with Crippen molar-refractivity contribution in [2.45, 2.75) is 39.5 Å². The quantitative estimate of drug-likeness (QED) is 0.746. The normalized spacial score (nSPS) is 32.9. The smallest absolute Gasteiger partial charge is 0.229 e. The summed E-state index contributed by atoms with van der Waals surface area (Å²) in [6.07, 6.45) is 3.81. The van der Waals surface area contributed by atoms with Gasteiger partial charge in [0.25, 0.3) is 0 Å². The molecule has 0 bridgehead atoms. The van der Waals surface area contributed by atoms with Crippen LogP contribution in [0.5, 0.6) is 0 Å². The standard InChI is InChI=1S/C18H33N3O3S/c1-5-20-13-15-17(7-8-18(15,14-20)16(22)19(3)4)9-11-21(12-10-17)25(23,24)6-2/h15H,5-14H2,1-4H3/t15-,18+/m0/s1. The number of nitrogens with zero attached hydrogens (tertiary/aromatic N) is 3. The van der Waals surface area contributed by atoms with E-state index in [1.165, 1.54) is 0 Å². The summed E-state index contributed by atoms with van der Waals surface area (Å²) in [7, 11) is 0.628. The molecule has 1 aliphatic carbocycles. The number of hydrogen-bond acceptors (Lipinski definition) is 4. The molecule has 0 aromatic rings. The van der Waals surface area contributed by atoms with E-state index < -0.39 is 10.0 Å². The third-order valence-corrected chi connectivity index (χ3v) is 9.06. The highest BCUT2D eigenvalue weighted by Gasteiger charge is 2.64. The Bertz CT molecular complexity index is 625. The molecule has 2 saturated heterocycles. The number of amides is 1. The second-order valence-electron chi connectivity index (χ2n) is 8.40. The van der Waals surface area contributed by atoms with Gasteiger partial charge in [-0.2, -0.15) is 0 Å². The lowest BCUT2D eigenvalue weighted by Crippen LogP contribution is -2.49. The minimum atomic E-state index is -3.10. The van der Waals surface area contributed by atoms with Crippen molar-refractivity contribution < 1.29 is 13.2 Å². The van der Waals surface area contributed by atoms with Crippen LogP contribution in [0.2, 0.25) is 0 Å². The van der Waals surface area contributed by atoms with Crippen molar-refractivity contribution in [1.82, 2.24) is 14.1 Å². The highest BCUT2D eigenvalue weighted by atomic mass is 32.2. The van der Waals surface area contributed by atoms with Crippen LogP contribution in [-0.4, -0.2) is 81.0 Å². The van der Waals surface area contributed by atoms with Gasteiger partial charge in [0, 0.05) is 40.3 Å². The molecular formula is C18H33N3O3S. The Morgan fingerprint density at radius 2 is 1.76 bits per heavy atom. The van der Waals surface area contributed by atoms with E-state index in [2.05, 4.69) is 11.8 Å². The molecule has 1 saturated carbocycles. The van der Waals surface area contributed by atoms with Gasteiger partial charge in [-0.15, -0.1) is 0 Å². The Morgan fingerprint density at radius 3 is 2.28 bits per heavy atom. The van der Waals surface area contributed by atoms with Crippen LogP contribution in [-0.2, 0) is 14.8 Å². The lowest BCUT2D eigenvalue weighted by Gasteiger charge is -2.44. The van der Waals surface area contributed by atoms with Crippen molar-refractivity contribution in [2.75, 3.05) is 52.6 Å². The largest absolute Gasteiger partial charge is 0.348 e. The summed E-state index contributed by atoms with van der Waals surface area (Å²) in [6, 6.07) is 0. The summed E-state index contributed by atoms with van der Waals surface area (Å²) in [6.45, 7) is 7.94. The molecule has 6 nitrogen and oxygen atoms in total. The molecule has 0 N–H and O–H groups in total. The Hall–Kier alpha value is -0.660. The molecule has 3 fully saturated rings. The molecule has 3 rings (SSSR count). The van der Waals surface area contributed by atoms with Gasteiger partial charge >= 0.3 is 0 Å². The van der Waals surface area contributed by atoms with E-state index in [9.17, 15) is 13.2 Å². The van der Waals surface area contributed by atoms with Crippen LogP contribution in [0.15, 0.2) is 0 Å². The number of rotatable bonds is 4. The van der Waals surface area contributed by atoms with Gasteiger partial charge in [0.05, 0.1) is 11.2 Å². The monoisotopic (exact) mass is 371 g/mol. The van der Waals surface area contributed by atoms with Gasteiger partial charge in [0.1, 0.15) is 0 Å². The lowest BCUT2D eigenvalue weighted by atomic mass is 9.66. The predicted molar refractivity (Wildman–Crippen MR) is 98.7 cm³/mol. The van der Waals surface area contributed by atoms with Gasteiger partial charge < -0.3 is 9.80 Å².